The molecule has 140 valence electrons. The molecule has 1 amide bonds. The fraction of sp³-hybridized carbons (Fsp3) is 0.381. The quantitative estimate of drug-likeness (QED) is 0.886. The van der Waals surface area contributed by atoms with Gasteiger partial charge in [0.1, 0.15) is 5.82 Å². The molecule has 0 bridgehead atoms. The van der Waals surface area contributed by atoms with Crippen LogP contribution in [0.5, 0.6) is 0 Å². The third-order valence-corrected chi connectivity index (χ3v) is 5.18. The number of hydrogen-bond donors (Lipinski definition) is 1. The molecule has 0 fully saturated rings. The van der Waals surface area contributed by atoms with Gasteiger partial charge in [0.2, 0.25) is 6.10 Å². The molecule has 0 spiro atoms. The number of oxime groups is 1. The lowest BCUT2D eigenvalue weighted by atomic mass is 9.99. The van der Waals surface area contributed by atoms with Crippen LogP contribution in [0.2, 0.25) is 0 Å². The minimum absolute atomic E-state index is 0.124. The van der Waals surface area contributed by atoms with Crippen LogP contribution in [0.25, 0.3) is 0 Å². The Morgan fingerprint density at radius 3 is 2.93 bits per heavy atom. The van der Waals surface area contributed by atoms with Crippen LogP contribution in [0.4, 0.5) is 5.82 Å². The highest BCUT2D eigenvalue weighted by Gasteiger charge is 2.27. The van der Waals surface area contributed by atoms with Crippen molar-refractivity contribution in [3.8, 4) is 0 Å². The summed E-state index contributed by atoms with van der Waals surface area (Å²) >= 11 is 0. The van der Waals surface area contributed by atoms with Gasteiger partial charge in [-0.15, -0.1) is 0 Å². The van der Waals surface area contributed by atoms with Gasteiger partial charge in [0.05, 0.1) is 5.71 Å². The van der Waals surface area contributed by atoms with Crippen LogP contribution in [-0.2, 0) is 29.1 Å². The first kappa shape index (κ1) is 17.5. The first-order chi connectivity index (χ1) is 13.2. The van der Waals surface area contributed by atoms with Crippen LogP contribution in [-0.4, -0.2) is 29.3 Å². The molecule has 6 heteroatoms. The van der Waals surface area contributed by atoms with Crippen LogP contribution in [0, 0.1) is 0 Å². The Morgan fingerprint density at radius 1 is 1.26 bits per heavy atom. The van der Waals surface area contributed by atoms with E-state index in [4.69, 9.17) is 4.84 Å². The highest BCUT2D eigenvalue weighted by molar-refractivity contribution is 5.92. The molecular weight excluding hydrogens is 340 g/mol. The van der Waals surface area contributed by atoms with Crippen molar-refractivity contribution in [3.63, 3.8) is 0 Å². The van der Waals surface area contributed by atoms with Crippen molar-refractivity contribution in [1.29, 1.82) is 0 Å². The molecule has 3 heterocycles. The summed E-state index contributed by atoms with van der Waals surface area (Å²) in [6, 6.07) is 12.5. The lowest BCUT2D eigenvalue weighted by molar-refractivity contribution is -0.131. The number of anilines is 1. The van der Waals surface area contributed by atoms with E-state index in [2.05, 4.69) is 44.6 Å². The number of aromatic nitrogens is 1. The van der Waals surface area contributed by atoms with Crippen LogP contribution in [0.15, 0.2) is 47.8 Å². The van der Waals surface area contributed by atoms with E-state index in [1.165, 1.54) is 11.1 Å². The number of fused-ring (bicyclic) bond motifs is 1. The molecule has 0 saturated heterocycles. The highest BCUT2D eigenvalue weighted by atomic mass is 16.6. The zero-order valence-corrected chi connectivity index (χ0v) is 15.5. The van der Waals surface area contributed by atoms with E-state index < -0.39 is 6.10 Å². The third-order valence-electron chi connectivity index (χ3n) is 5.18. The normalized spacial score (nSPS) is 18.5. The van der Waals surface area contributed by atoms with Gasteiger partial charge in [-0.25, -0.2) is 4.98 Å². The first-order valence-corrected chi connectivity index (χ1v) is 9.49. The number of carbonyl (C=O) groups is 1. The van der Waals surface area contributed by atoms with Crippen molar-refractivity contribution in [2.45, 2.75) is 45.4 Å². The molecule has 2 aliphatic heterocycles. The van der Waals surface area contributed by atoms with Crippen molar-refractivity contribution in [1.82, 2.24) is 10.3 Å². The predicted molar refractivity (Wildman–Crippen MR) is 104 cm³/mol. The maximum absolute atomic E-state index is 12.4. The highest BCUT2D eigenvalue weighted by Crippen LogP contribution is 2.25. The number of amides is 1. The monoisotopic (exact) mass is 364 g/mol. The molecule has 0 aliphatic carbocycles. The summed E-state index contributed by atoms with van der Waals surface area (Å²) < 4.78 is 0. The second-order valence-corrected chi connectivity index (χ2v) is 6.95. The van der Waals surface area contributed by atoms with Crippen molar-refractivity contribution in [3.05, 3.63) is 59.3 Å². The Hall–Kier alpha value is -2.89. The second kappa shape index (κ2) is 7.78. The summed E-state index contributed by atoms with van der Waals surface area (Å²) in [4.78, 5) is 24.5. The van der Waals surface area contributed by atoms with E-state index >= 15 is 0 Å². The molecule has 0 saturated carbocycles. The fourth-order valence-corrected chi connectivity index (χ4v) is 3.60. The SMILES string of the molecule is CCC1=NO[C@H](C(=O)NCc2cccnc2N2CCc3ccccc3C2)C1. The van der Waals surface area contributed by atoms with E-state index in [1.54, 1.807) is 0 Å². The molecule has 0 radical (unpaired) electrons. The van der Waals surface area contributed by atoms with Gasteiger partial charge >= 0.3 is 0 Å². The lowest BCUT2D eigenvalue weighted by Gasteiger charge is -2.31. The van der Waals surface area contributed by atoms with E-state index in [0.29, 0.717) is 13.0 Å². The van der Waals surface area contributed by atoms with Crippen molar-refractivity contribution in [2.75, 3.05) is 11.4 Å². The summed E-state index contributed by atoms with van der Waals surface area (Å²) in [5.41, 5.74) is 4.70. The molecule has 0 unspecified atom stereocenters. The zero-order valence-electron chi connectivity index (χ0n) is 15.5. The number of nitrogens with one attached hydrogen (secondary N) is 1. The summed E-state index contributed by atoms with van der Waals surface area (Å²) in [6.45, 7) is 4.21. The van der Waals surface area contributed by atoms with Crippen LogP contribution in [0.3, 0.4) is 0 Å². The molecule has 1 aromatic carbocycles. The Kier molecular flexibility index (Phi) is 5.05. The Balaban J connectivity index is 1.42. The predicted octanol–water partition coefficient (Wildman–Crippen LogP) is 2.82. The molecule has 4 rings (SSSR count). The average molecular weight is 364 g/mol. The van der Waals surface area contributed by atoms with Crippen molar-refractivity contribution < 1.29 is 9.63 Å². The van der Waals surface area contributed by atoms with Crippen molar-refractivity contribution in [2.24, 2.45) is 5.16 Å². The molecular formula is C21H24N4O2. The Morgan fingerprint density at radius 2 is 2.11 bits per heavy atom. The van der Waals surface area contributed by atoms with E-state index in [-0.39, 0.29) is 5.91 Å². The van der Waals surface area contributed by atoms with Gasteiger partial charge in [-0.2, -0.15) is 0 Å². The number of nitrogens with zero attached hydrogens (tertiary/aromatic N) is 3. The summed E-state index contributed by atoms with van der Waals surface area (Å²) in [6.07, 6.45) is 3.69. The Bertz CT molecular complexity index is 865. The molecule has 6 nitrogen and oxygen atoms in total. The smallest absolute Gasteiger partial charge is 0.264 e. The van der Waals surface area contributed by atoms with E-state index in [1.807, 2.05) is 25.3 Å². The summed E-state index contributed by atoms with van der Waals surface area (Å²) in [7, 11) is 0. The van der Waals surface area contributed by atoms with Crippen LogP contribution in [0.1, 0.15) is 36.5 Å². The molecule has 27 heavy (non-hydrogen) atoms. The number of benzene rings is 1. The minimum Gasteiger partial charge on any atom is -0.382 e. The van der Waals surface area contributed by atoms with Gasteiger partial charge in [-0.05, 0) is 30.0 Å². The van der Waals surface area contributed by atoms with Gasteiger partial charge in [-0.1, -0.05) is 42.4 Å². The molecule has 2 aliphatic rings. The van der Waals surface area contributed by atoms with Gasteiger partial charge in [0, 0.05) is 37.8 Å². The molecule has 1 N–H and O–H groups in total. The van der Waals surface area contributed by atoms with Gasteiger partial charge in [0.25, 0.3) is 5.91 Å². The fourth-order valence-electron chi connectivity index (χ4n) is 3.60. The van der Waals surface area contributed by atoms with Crippen LogP contribution < -0.4 is 10.2 Å². The zero-order chi connectivity index (χ0) is 18.6. The van der Waals surface area contributed by atoms with E-state index in [0.717, 1.165) is 43.0 Å². The average Bonchev–Trinajstić information content (AvgIpc) is 3.21. The molecule has 2 aromatic rings. The molecule has 1 aromatic heterocycles. The maximum atomic E-state index is 12.4. The summed E-state index contributed by atoms with van der Waals surface area (Å²) in [5, 5.41) is 6.94. The topological polar surface area (TPSA) is 66.8 Å². The number of rotatable bonds is 5. The lowest BCUT2D eigenvalue weighted by Crippen LogP contribution is -2.36. The largest absolute Gasteiger partial charge is 0.382 e. The number of carbonyl (C=O) groups excluding carboxylic acids is 1. The molecule has 1 atom stereocenters. The minimum atomic E-state index is -0.512. The van der Waals surface area contributed by atoms with E-state index in [9.17, 15) is 4.79 Å². The Labute approximate surface area is 159 Å². The number of hydrogen-bond acceptors (Lipinski definition) is 5. The summed E-state index contributed by atoms with van der Waals surface area (Å²) in [5.74, 6) is 0.811. The first-order valence-electron chi connectivity index (χ1n) is 9.49. The van der Waals surface area contributed by atoms with Gasteiger partial charge < -0.3 is 15.1 Å². The standard InChI is InChI=1S/C21H24N4O2/c1-2-18-12-19(27-24-18)21(26)23-13-16-8-5-10-22-20(16)25-11-9-15-6-3-4-7-17(15)14-25/h3-8,10,19H,2,9,11-14H2,1H3,(H,23,26)/t19-/m0/s1. The van der Waals surface area contributed by atoms with Crippen molar-refractivity contribution >= 4 is 17.4 Å². The van der Waals surface area contributed by atoms with Gasteiger partial charge in [0.15, 0.2) is 0 Å². The second-order valence-electron chi connectivity index (χ2n) is 6.95. The maximum Gasteiger partial charge on any atom is 0.264 e. The van der Waals surface area contributed by atoms with Gasteiger partial charge in [-0.3, -0.25) is 4.79 Å². The third kappa shape index (κ3) is 3.79. The number of pyridine rings is 1. The van der Waals surface area contributed by atoms with Crippen LogP contribution >= 0.6 is 0 Å².